The minimum Gasteiger partial charge on any atom is -0.373 e. The molecule has 2 N–H and O–H groups in total. The lowest BCUT2D eigenvalue weighted by atomic mass is 9.92. The van der Waals surface area contributed by atoms with Gasteiger partial charge in [-0.1, -0.05) is 20.8 Å². The average molecular weight is 252 g/mol. The van der Waals surface area contributed by atoms with Gasteiger partial charge in [0.15, 0.2) is 0 Å². The number of nitrogens with one attached hydrogen (secondary N) is 2. The normalized spacial score (nSPS) is 11.1. The first-order valence-electron chi connectivity index (χ1n) is 5.90. The smallest absolute Gasteiger partial charge is 0.311 e. The molecule has 0 amide bonds. The maximum Gasteiger partial charge on any atom is 0.311 e. The van der Waals surface area contributed by atoms with Crippen LogP contribution in [0.15, 0.2) is 12.1 Å². The fourth-order valence-electron chi connectivity index (χ4n) is 1.42. The van der Waals surface area contributed by atoms with Crippen LogP contribution in [0.25, 0.3) is 0 Å². The molecule has 0 saturated heterocycles. The Kier molecular flexibility index (Phi) is 4.47. The van der Waals surface area contributed by atoms with E-state index in [1.807, 2.05) is 0 Å². The van der Waals surface area contributed by atoms with E-state index < -0.39 is 4.92 Å². The van der Waals surface area contributed by atoms with Gasteiger partial charge in [-0.05, 0) is 17.9 Å². The minimum absolute atomic E-state index is 0.00269. The summed E-state index contributed by atoms with van der Waals surface area (Å²) in [5.41, 5.74) is 0.186. The molecule has 1 rings (SSSR count). The van der Waals surface area contributed by atoms with Gasteiger partial charge in [-0.25, -0.2) is 4.98 Å². The first-order valence-corrected chi connectivity index (χ1v) is 5.90. The van der Waals surface area contributed by atoms with Crippen LogP contribution in [0.3, 0.4) is 0 Å². The molecule has 18 heavy (non-hydrogen) atoms. The summed E-state index contributed by atoms with van der Waals surface area (Å²) >= 11 is 0. The Morgan fingerprint density at radius 3 is 2.56 bits per heavy atom. The Labute approximate surface area is 107 Å². The van der Waals surface area contributed by atoms with Gasteiger partial charge in [-0.2, -0.15) is 0 Å². The van der Waals surface area contributed by atoms with Crippen molar-refractivity contribution in [3.8, 4) is 0 Å². The topological polar surface area (TPSA) is 80.1 Å². The van der Waals surface area contributed by atoms with Crippen molar-refractivity contribution in [1.29, 1.82) is 0 Å². The zero-order valence-electron chi connectivity index (χ0n) is 11.3. The van der Waals surface area contributed by atoms with Crippen molar-refractivity contribution in [2.24, 2.45) is 5.41 Å². The minimum atomic E-state index is -0.425. The van der Waals surface area contributed by atoms with Crippen molar-refractivity contribution >= 4 is 17.3 Å². The third kappa shape index (κ3) is 4.20. The van der Waals surface area contributed by atoms with Gasteiger partial charge >= 0.3 is 5.69 Å². The molecule has 0 aliphatic heterocycles. The lowest BCUT2D eigenvalue weighted by Crippen LogP contribution is -2.14. The van der Waals surface area contributed by atoms with Crippen molar-refractivity contribution in [1.82, 2.24) is 4.98 Å². The van der Waals surface area contributed by atoms with Gasteiger partial charge in [0.05, 0.1) is 4.92 Å². The maximum absolute atomic E-state index is 10.9. The molecule has 6 nitrogen and oxygen atoms in total. The van der Waals surface area contributed by atoms with Gasteiger partial charge in [0.1, 0.15) is 5.82 Å². The molecule has 0 fully saturated rings. The summed E-state index contributed by atoms with van der Waals surface area (Å²) in [7, 11) is 1.73. The van der Waals surface area contributed by atoms with Crippen molar-refractivity contribution in [3.05, 3.63) is 22.2 Å². The van der Waals surface area contributed by atoms with Crippen LogP contribution in [0.1, 0.15) is 27.2 Å². The molecular weight excluding hydrogens is 232 g/mol. The summed E-state index contributed by atoms with van der Waals surface area (Å²) in [6.45, 7) is 7.03. The molecule has 0 bridgehead atoms. The van der Waals surface area contributed by atoms with E-state index in [9.17, 15) is 10.1 Å². The predicted molar refractivity (Wildman–Crippen MR) is 73.0 cm³/mol. The molecule has 1 aromatic rings. The van der Waals surface area contributed by atoms with E-state index in [0.29, 0.717) is 18.2 Å². The molecule has 6 heteroatoms. The molecular formula is C12H20N4O2. The van der Waals surface area contributed by atoms with Gasteiger partial charge in [0.25, 0.3) is 0 Å². The molecule has 0 aromatic carbocycles. The molecule has 0 atom stereocenters. The quantitative estimate of drug-likeness (QED) is 0.622. The number of hydrogen-bond acceptors (Lipinski definition) is 5. The molecule has 100 valence electrons. The van der Waals surface area contributed by atoms with Crippen LogP contribution < -0.4 is 10.6 Å². The zero-order chi connectivity index (χ0) is 13.8. The second-order valence-corrected chi connectivity index (χ2v) is 5.31. The second-order valence-electron chi connectivity index (χ2n) is 5.31. The summed E-state index contributed by atoms with van der Waals surface area (Å²) in [4.78, 5) is 14.6. The van der Waals surface area contributed by atoms with Gasteiger partial charge in [-0.15, -0.1) is 0 Å². The highest BCUT2D eigenvalue weighted by Gasteiger charge is 2.16. The van der Waals surface area contributed by atoms with E-state index in [0.717, 1.165) is 6.42 Å². The Morgan fingerprint density at radius 1 is 1.39 bits per heavy atom. The lowest BCUT2D eigenvalue weighted by Gasteiger charge is -2.18. The number of rotatable bonds is 5. The predicted octanol–water partition coefficient (Wildman–Crippen LogP) is 2.88. The van der Waals surface area contributed by atoms with Crippen LogP contribution in [0.5, 0.6) is 0 Å². The van der Waals surface area contributed by atoms with Crippen LogP contribution >= 0.6 is 0 Å². The fourth-order valence-corrected chi connectivity index (χ4v) is 1.42. The van der Waals surface area contributed by atoms with Crippen molar-refractivity contribution in [3.63, 3.8) is 0 Å². The first-order chi connectivity index (χ1) is 8.33. The molecule has 0 aliphatic rings. The lowest BCUT2D eigenvalue weighted by molar-refractivity contribution is -0.384. The average Bonchev–Trinajstić information content (AvgIpc) is 2.26. The third-order valence-electron chi connectivity index (χ3n) is 2.49. The highest BCUT2D eigenvalue weighted by molar-refractivity contribution is 5.60. The van der Waals surface area contributed by atoms with Crippen LogP contribution in [-0.4, -0.2) is 23.5 Å². The van der Waals surface area contributed by atoms with E-state index in [1.165, 1.54) is 6.07 Å². The monoisotopic (exact) mass is 252 g/mol. The summed E-state index contributed by atoms with van der Waals surface area (Å²) in [6.07, 6.45) is 0.912. The summed E-state index contributed by atoms with van der Waals surface area (Å²) in [5.74, 6) is 0.926. The van der Waals surface area contributed by atoms with Crippen LogP contribution in [-0.2, 0) is 0 Å². The highest BCUT2D eigenvalue weighted by Crippen LogP contribution is 2.25. The summed E-state index contributed by atoms with van der Waals surface area (Å²) < 4.78 is 0. The van der Waals surface area contributed by atoms with Gasteiger partial charge in [-0.3, -0.25) is 10.1 Å². The zero-order valence-corrected chi connectivity index (χ0v) is 11.3. The van der Waals surface area contributed by atoms with E-state index >= 15 is 0 Å². The van der Waals surface area contributed by atoms with Crippen LogP contribution in [0.4, 0.5) is 17.3 Å². The molecule has 1 aromatic heterocycles. The first kappa shape index (κ1) is 14.2. The number of nitro groups is 1. The Balaban J connectivity index is 2.81. The van der Waals surface area contributed by atoms with E-state index in [1.54, 1.807) is 13.1 Å². The van der Waals surface area contributed by atoms with Gasteiger partial charge in [0.2, 0.25) is 5.82 Å². The molecule has 0 aliphatic carbocycles. The third-order valence-corrected chi connectivity index (χ3v) is 2.49. The number of anilines is 2. The Hall–Kier alpha value is -1.85. The highest BCUT2D eigenvalue weighted by atomic mass is 16.6. The Bertz CT molecular complexity index is 427. The van der Waals surface area contributed by atoms with Crippen molar-refractivity contribution in [2.45, 2.75) is 27.2 Å². The number of nitrogens with zero attached hydrogens (tertiary/aromatic N) is 2. The van der Waals surface area contributed by atoms with E-state index in [2.05, 4.69) is 36.4 Å². The molecule has 1 heterocycles. The van der Waals surface area contributed by atoms with Crippen molar-refractivity contribution in [2.75, 3.05) is 24.2 Å². The fraction of sp³-hybridized carbons (Fsp3) is 0.583. The molecule has 0 spiro atoms. The largest absolute Gasteiger partial charge is 0.373 e. The molecule has 0 radical (unpaired) electrons. The SMILES string of the molecule is CNc1ccc([N+](=O)[O-])c(NCCC(C)(C)C)n1. The number of aromatic nitrogens is 1. The molecule has 0 saturated carbocycles. The van der Waals surface area contributed by atoms with Crippen molar-refractivity contribution < 1.29 is 4.92 Å². The van der Waals surface area contributed by atoms with Gasteiger partial charge < -0.3 is 10.6 Å². The van der Waals surface area contributed by atoms with Gasteiger partial charge in [0, 0.05) is 19.7 Å². The Morgan fingerprint density at radius 2 is 2.06 bits per heavy atom. The number of hydrogen-bond donors (Lipinski definition) is 2. The summed E-state index contributed by atoms with van der Waals surface area (Å²) in [5, 5.41) is 16.8. The van der Waals surface area contributed by atoms with E-state index in [4.69, 9.17) is 0 Å². The van der Waals surface area contributed by atoms with Crippen LogP contribution in [0, 0.1) is 15.5 Å². The standard InChI is InChI=1S/C12H20N4O2/c1-12(2,3)7-8-14-11-9(16(17)18)5-6-10(13-4)15-11/h5-6H,7-8H2,1-4H3,(H2,13,14,15). The van der Waals surface area contributed by atoms with E-state index in [-0.39, 0.29) is 11.1 Å². The molecule has 0 unspecified atom stereocenters. The summed E-state index contributed by atoms with van der Waals surface area (Å²) in [6, 6.07) is 3.05. The maximum atomic E-state index is 10.9. The van der Waals surface area contributed by atoms with Crippen LogP contribution in [0.2, 0.25) is 0 Å². The number of pyridine rings is 1. The second kappa shape index (κ2) is 5.66.